The van der Waals surface area contributed by atoms with Crippen molar-refractivity contribution in [3.63, 3.8) is 0 Å². The number of thioether (sulfide) groups is 1. The highest BCUT2D eigenvalue weighted by molar-refractivity contribution is 7.99. The molecule has 2 saturated carbocycles. The van der Waals surface area contributed by atoms with E-state index in [1.807, 2.05) is 11.8 Å². The summed E-state index contributed by atoms with van der Waals surface area (Å²) in [4.78, 5) is 0. The molecule has 0 saturated heterocycles. The number of hydrogen-bond acceptors (Lipinski definition) is 2. The molecule has 0 amide bonds. The van der Waals surface area contributed by atoms with Gasteiger partial charge < -0.3 is 5.11 Å². The van der Waals surface area contributed by atoms with Crippen LogP contribution in [0.2, 0.25) is 0 Å². The first-order valence-corrected chi connectivity index (χ1v) is 6.80. The van der Waals surface area contributed by atoms with E-state index in [9.17, 15) is 0 Å². The van der Waals surface area contributed by atoms with Gasteiger partial charge in [-0.25, -0.2) is 0 Å². The fourth-order valence-corrected chi connectivity index (χ4v) is 5.13. The SMILES string of the molecule is CC1(C)[C@@H]2CC[C@@]1(C)[C@H](SCCO)C2. The maximum Gasteiger partial charge on any atom is 0.0521 e. The number of rotatable bonds is 3. The molecular formula is C12H22OS. The Balaban J connectivity index is 2.11. The molecule has 0 radical (unpaired) electrons. The van der Waals surface area contributed by atoms with E-state index in [1.165, 1.54) is 19.3 Å². The zero-order valence-corrected chi connectivity index (χ0v) is 10.4. The fraction of sp³-hybridized carbons (Fsp3) is 1.00. The van der Waals surface area contributed by atoms with Gasteiger partial charge in [0.1, 0.15) is 0 Å². The average Bonchev–Trinajstić information content (AvgIpc) is 2.46. The van der Waals surface area contributed by atoms with Gasteiger partial charge in [0, 0.05) is 11.0 Å². The van der Waals surface area contributed by atoms with Crippen molar-refractivity contribution in [1.82, 2.24) is 0 Å². The van der Waals surface area contributed by atoms with Crippen LogP contribution in [0.1, 0.15) is 40.0 Å². The Kier molecular flexibility index (Phi) is 2.64. The Bertz CT molecular complexity index is 226. The molecule has 0 aliphatic heterocycles. The second-order valence-electron chi connectivity index (χ2n) is 5.69. The summed E-state index contributed by atoms with van der Waals surface area (Å²) >= 11 is 2.00. The minimum Gasteiger partial charge on any atom is -0.396 e. The maximum atomic E-state index is 8.89. The Morgan fingerprint density at radius 1 is 1.36 bits per heavy atom. The summed E-state index contributed by atoms with van der Waals surface area (Å²) in [5.41, 5.74) is 1.05. The van der Waals surface area contributed by atoms with Crippen LogP contribution in [-0.2, 0) is 0 Å². The van der Waals surface area contributed by atoms with Crippen molar-refractivity contribution >= 4 is 11.8 Å². The smallest absolute Gasteiger partial charge is 0.0521 e. The van der Waals surface area contributed by atoms with E-state index >= 15 is 0 Å². The lowest BCUT2D eigenvalue weighted by atomic mass is 9.71. The molecule has 3 atom stereocenters. The minimum absolute atomic E-state index is 0.336. The molecule has 0 aromatic rings. The molecule has 2 aliphatic rings. The fourth-order valence-electron chi connectivity index (χ4n) is 3.58. The van der Waals surface area contributed by atoms with Gasteiger partial charge in [0.15, 0.2) is 0 Å². The molecule has 0 aromatic carbocycles. The molecule has 0 spiro atoms. The summed E-state index contributed by atoms with van der Waals surface area (Å²) in [6.45, 7) is 7.70. The number of aliphatic hydroxyl groups is 1. The van der Waals surface area contributed by atoms with E-state index in [2.05, 4.69) is 20.8 Å². The van der Waals surface area contributed by atoms with Crippen LogP contribution >= 0.6 is 11.8 Å². The highest BCUT2D eigenvalue weighted by atomic mass is 32.2. The van der Waals surface area contributed by atoms with Gasteiger partial charge in [-0.05, 0) is 36.0 Å². The first-order valence-electron chi connectivity index (χ1n) is 5.75. The number of aliphatic hydroxyl groups excluding tert-OH is 1. The third kappa shape index (κ3) is 1.26. The zero-order chi connectivity index (χ0) is 10.4. The largest absolute Gasteiger partial charge is 0.396 e. The van der Waals surface area contributed by atoms with E-state index in [4.69, 9.17) is 5.11 Å². The molecule has 2 heteroatoms. The predicted octanol–water partition coefficient (Wildman–Crippen LogP) is 2.93. The molecule has 0 unspecified atom stereocenters. The van der Waals surface area contributed by atoms with Gasteiger partial charge in [0.05, 0.1) is 6.61 Å². The first kappa shape index (κ1) is 10.8. The molecule has 2 fully saturated rings. The lowest BCUT2D eigenvalue weighted by molar-refractivity contribution is 0.156. The van der Waals surface area contributed by atoms with Crippen LogP contribution in [0.5, 0.6) is 0 Å². The van der Waals surface area contributed by atoms with Crippen molar-refractivity contribution in [2.75, 3.05) is 12.4 Å². The molecule has 82 valence electrons. The van der Waals surface area contributed by atoms with Crippen LogP contribution in [0.25, 0.3) is 0 Å². The van der Waals surface area contributed by atoms with Crippen LogP contribution in [0.3, 0.4) is 0 Å². The molecule has 1 nitrogen and oxygen atoms in total. The normalized spacial score (nSPS) is 44.6. The summed E-state index contributed by atoms with van der Waals surface area (Å²) < 4.78 is 0. The Morgan fingerprint density at radius 3 is 2.50 bits per heavy atom. The van der Waals surface area contributed by atoms with E-state index in [-0.39, 0.29) is 0 Å². The van der Waals surface area contributed by atoms with E-state index in [0.717, 1.165) is 16.9 Å². The monoisotopic (exact) mass is 214 g/mol. The van der Waals surface area contributed by atoms with Crippen LogP contribution < -0.4 is 0 Å². The van der Waals surface area contributed by atoms with Crippen molar-refractivity contribution in [3.8, 4) is 0 Å². The van der Waals surface area contributed by atoms with Crippen LogP contribution in [0, 0.1) is 16.7 Å². The van der Waals surface area contributed by atoms with Gasteiger partial charge >= 0.3 is 0 Å². The van der Waals surface area contributed by atoms with E-state index in [0.29, 0.717) is 17.4 Å². The third-order valence-electron chi connectivity index (χ3n) is 5.12. The van der Waals surface area contributed by atoms with Crippen LogP contribution in [0.15, 0.2) is 0 Å². The molecular weight excluding hydrogens is 192 g/mol. The Hall–Kier alpha value is 0.310. The van der Waals surface area contributed by atoms with E-state index < -0.39 is 0 Å². The molecule has 0 heterocycles. The van der Waals surface area contributed by atoms with Crippen molar-refractivity contribution < 1.29 is 5.11 Å². The van der Waals surface area contributed by atoms with Gasteiger partial charge in [-0.2, -0.15) is 11.8 Å². The summed E-state index contributed by atoms with van der Waals surface area (Å²) in [6, 6.07) is 0. The molecule has 2 rings (SSSR count). The van der Waals surface area contributed by atoms with E-state index in [1.54, 1.807) is 0 Å². The predicted molar refractivity (Wildman–Crippen MR) is 62.6 cm³/mol. The Morgan fingerprint density at radius 2 is 2.07 bits per heavy atom. The maximum absolute atomic E-state index is 8.89. The van der Waals surface area contributed by atoms with Crippen molar-refractivity contribution in [1.29, 1.82) is 0 Å². The van der Waals surface area contributed by atoms with Crippen molar-refractivity contribution in [2.24, 2.45) is 16.7 Å². The van der Waals surface area contributed by atoms with Crippen LogP contribution in [0.4, 0.5) is 0 Å². The summed E-state index contributed by atoms with van der Waals surface area (Å²) in [5.74, 6) is 1.85. The average molecular weight is 214 g/mol. The first-order chi connectivity index (χ1) is 6.52. The van der Waals surface area contributed by atoms with Crippen molar-refractivity contribution in [2.45, 2.75) is 45.3 Å². The quantitative estimate of drug-likeness (QED) is 0.779. The molecule has 2 aliphatic carbocycles. The van der Waals surface area contributed by atoms with Gasteiger partial charge in [-0.15, -0.1) is 0 Å². The zero-order valence-electron chi connectivity index (χ0n) is 9.55. The lowest BCUT2D eigenvalue weighted by Gasteiger charge is -2.39. The summed E-state index contributed by atoms with van der Waals surface area (Å²) in [7, 11) is 0. The van der Waals surface area contributed by atoms with Crippen LogP contribution in [-0.4, -0.2) is 22.7 Å². The topological polar surface area (TPSA) is 20.2 Å². The molecule has 1 N–H and O–H groups in total. The second kappa shape index (κ2) is 3.41. The Labute approximate surface area is 91.7 Å². The van der Waals surface area contributed by atoms with Crippen molar-refractivity contribution in [3.05, 3.63) is 0 Å². The molecule has 0 aromatic heterocycles. The van der Waals surface area contributed by atoms with Gasteiger partial charge in [0.25, 0.3) is 0 Å². The standard InChI is InChI=1S/C12H22OS/c1-11(2)9-4-5-12(11,3)10(8-9)14-7-6-13/h9-10,13H,4-8H2,1-3H3/t9-,10-,12+/m1/s1. The van der Waals surface area contributed by atoms with Gasteiger partial charge in [-0.3, -0.25) is 0 Å². The summed E-state index contributed by atoms with van der Waals surface area (Å²) in [5, 5.41) is 9.68. The minimum atomic E-state index is 0.336. The highest BCUT2D eigenvalue weighted by Gasteiger charge is 2.61. The van der Waals surface area contributed by atoms with Gasteiger partial charge in [0.2, 0.25) is 0 Å². The molecule has 14 heavy (non-hydrogen) atoms. The summed E-state index contributed by atoms with van der Waals surface area (Å²) in [6.07, 6.45) is 4.21. The number of hydrogen-bond donors (Lipinski definition) is 1. The lowest BCUT2D eigenvalue weighted by Crippen LogP contribution is -2.34. The third-order valence-corrected chi connectivity index (χ3v) is 6.66. The highest BCUT2D eigenvalue weighted by Crippen LogP contribution is 2.68. The molecule has 2 bridgehead atoms. The number of fused-ring (bicyclic) bond motifs is 2. The van der Waals surface area contributed by atoms with Gasteiger partial charge in [-0.1, -0.05) is 20.8 Å². The second-order valence-corrected chi connectivity index (χ2v) is 7.00.